The normalized spacial score (nSPS) is 16.3. The Balaban J connectivity index is 2.10. The van der Waals surface area contributed by atoms with Crippen LogP contribution in [0, 0.1) is 12.7 Å². The predicted octanol–water partition coefficient (Wildman–Crippen LogP) is 2.90. The molecule has 1 saturated carbocycles. The van der Waals surface area contributed by atoms with E-state index in [1.165, 1.54) is 25.4 Å². The van der Waals surface area contributed by atoms with Crippen LogP contribution in [0.5, 0.6) is 0 Å². The zero-order valence-corrected chi connectivity index (χ0v) is 10.3. The molecule has 0 unspecified atom stereocenters. The van der Waals surface area contributed by atoms with Gasteiger partial charge < -0.3 is 4.57 Å². The average Bonchev–Trinajstić information content (AvgIpc) is 2.98. The lowest BCUT2D eigenvalue weighted by molar-refractivity contribution is 0.508. The fourth-order valence-electron chi connectivity index (χ4n) is 2.75. The van der Waals surface area contributed by atoms with Crippen LogP contribution in [0.25, 0.3) is 11.4 Å². The van der Waals surface area contributed by atoms with Crippen LogP contribution in [0.2, 0.25) is 0 Å². The standard InChI is InChI=1S/C13H15FN4/c1-9-16-7-12(13-11(14)6-15-8-17-13)18(9)10-4-2-3-5-10/h6-8,10H,2-5H2,1H3. The smallest absolute Gasteiger partial charge is 0.169 e. The van der Waals surface area contributed by atoms with E-state index < -0.39 is 5.82 Å². The molecular weight excluding hydrogens is 231 g/mol. The van der Waals surface area contributed by atoms with E-state index in [1.807, 2.05) is 6.92 Å². The molecular formula is C13H15FN4. The highest BCUT2D eigenvalue weighted by molar-refractivity contribution is 5.54. The van der Waals surface area contributed by atoms with Gasteiger partial charge in [0.25, 0.3) is 0 Å². The molecule has 0 atom stereocenters. The zero-order valence-electron chi connectivity index (χ0n) is 10.3. The van der Waals surface area contributed by atoms with E-state index in [9.17, 15) is 4.39 Å². The van der Waals surface area contributed by atoms with Crippen molar-refractivity contribution in [3.8, 4) is 11.4 Å². The van der Waals surface area contributed by atoms with E-state index in [1.54, 1.807) is 6.20 Å². The first kappa shape index (κ1) is 11.3. The van der Waals surface area contributed by atoms with Gasteiger partial charge in [0.05, 0.1) is 18.1 Å². The lowest BCUT2D eigenvalue weighted by Gasteiger charge is -2.17. The molecule has 18 heavy (non-hydrogen) atoms. The van der Waals surface area contributed by atoms with Crippen LogP contribution >= 0.6 is 0 Å². The van der Waals surface area contributed by atoms with Gasteiger partial charge in [0.2, 0.25) is 0 Å². The molecule has 0 N–H and O–H groups in total. The third-order valence-electron chi connectivity index (χ3n) is 3.58. The first-order valence-electron chi connectivity index (χ1n) is 6.27. The molecule has 1 aliphatic rings. The number of rotatable bonds is 2. The zero-order chi connectivity index (χ0) is 12.5. The van der Waals surface area contributed by atoms with Gasteiger partial charge in [-0.25, -0.2) is 19.3 Å². The van der Waals surface area contributed by atoms with Crippen LogP contribution in [0.3, 0.4) is 0 Å². The molecule has 0 amide bonds. The van der Waals surface area contributed by atoms with Gasteiger partial charge >= 0.3 is 0 Å². The third kappa shape index (κ3) is 1.79. The second-order valence-electron chi connectivity index (χ2n) is 4.72. The molecule has 2 aromatic rings. The Morgan fingerprint density at radius 2 is 2.00 bits per heavy atom. The molecule has 94 valence electrons. The molecule has 4 nitrogen and oxygen atoms in total. The summed E-state index contributed by atoms with van der Waals surface area (Å²) >= 11 is 0. The molecule has 0 spiro atoms. The molecule has 0 aliphatic heterocycles. The summed E-state index contributed by atoms with van der Waals surface area (Å²) < 4.78 is 15.9. The monoisotopic (exact) mass is 246 g/mol. The maximum atomic E-state index is 13.8. The van der Waals surface area contributed by atoms with Crippen molar-refractivity contribution in [3.63, 3.8) is 0 Å². The molecule has 1 fully saturated rings. The molecule has 2 heterocycles. The second-order valence-corrected chi connectivity index (χ2v) is 4.72. The van der Waals surface area contributed by atoms with E-state index in [2.05, 4.69) is 19.5 Å². The maximum absolute atomic E-state index is 13.8. The quantitative estimate of drug-likeness (QED) is 0.818. The highest BCUT2D eigenvalue weighted by Gasteiger charge is 2.23. The topological polar surface area (TPSA) is 43.6 Å². The van der Waals surface area contributed by atoms with Gasteiger partial charge in [0.1, 0.15) is 17.8 Å². The summed E-state index contributed by atoms with van der Waals surface area (Å²) in [4.78, 5) is 12.1. The number of hydrogen-bond acceptors (Lipinski definition) is 3. The van der Waals surface area contributed by atoms with Crippen molar-refractivity contribution in [2.24, 2.45) is 0 Å². The lowest BCUT2D eigenvalue weighted by Crippen LogP contribution is -2.09. The van der Waals surface area contributed by atoms with Crippen LogP contribution < -0.4 is 0 Å². The number of halogens is 1. The molecule has 0 radical (unpaired) electrons. The minimum Gasteiger partial charge on any atom is -0.324 e. The Hall–Kier alpha value is -1.78. The molecule has 5 heteroatoms. The molecule has 0 saturated heterocycles. The first-order valence-corrected chi connectivity index (χ1v) is 6.27. The van der Waals surface area contributed by atoms with Crippen molar-refractivity contribution in [1.82, 2.24) is 19.5 Å². The van der Waals surface area contributed by atoms with Crippen molar-refractivity contribution in [3.05, 3.63) is 30.4 Å². The maximum Gasteiger partial charge on any atom is 0.169 e. The number of aromatic nitrogens is 4. The van der Waals surface area contributed by atoms with Crippen LogP contribution in [0.4, 0.5) is 4.39 Å². The van der Waals surface area contributed by atoms with Gasteiger partial charge in [-0.1, -0.05) is 12.8 Å². The van der Waals surface area contributed by atoms with E-state index in [-0.39, 0.29) is 0 Å². The van der Waals surface area contributed by atoms with Gasteiger partial charge in [0, 0.05) is 6.04 Å². The Morgan fingerprint density at radius 3 is 2.72 bits per heavy atom. The predicted molar refractivity (Wildman–Crippen MR) is 65.5 cm³/mol. The first-order chi connectivity index (χ1) is 8.77. The summed E-state index contributed by atoms with van der Waals surface area (Å²) in [6.45, 7) is 1.96. The number of imidazole rings is 1. The van der Waals surface area contributed by atoms with Crippen LogP contribution in [-0.4, -0.2) is 19.5 Å². The fraction of sp³-hybridized carbons (Fsp3) is 0.462. The van der Waals surface area contributed by atoms with Crippen LogP contribution in [0.1, 0.15) is 37.5 Å². The number of aryl methyl sites for hydroxylation is 1. The molecule has 0 aromatic carbocycles. The van der Waals surface area contributed by atoms with Crippen molar-refractivity contribution in [2.45, 2.75) is 38.6 Å². The summed E-state index contributed by atoms with van der Waals surface area (Å²) in [6, 6.07) is 0.428. The summed E-state index contributed by atoms with van der Waals surface area (Å²) in [5, 5.41) is 0. The summed E-state index contributed by atoms with van der Waals surface area (Å²) in [6.07, 6.45) is 9.01. The average molecular weight is 246 g/mol. The molecule has 2 aromatic heterocycles. The van der Waals surface area contributed by atoms with Crippen LogP contribution in [0.15, 0.2) is 18.7 Å². The van der Waals surface area contributed by atoms with Crippen LogP contribution in [-0.2, 0) is 0 Å². The highest BCUT2D eigenvalue weighted by Crippen LogP contribution is 2.34. The van der Waals surface area contributed by atoms with E-state index in [0.717, 1.165) is 24.4 Å². The fourth-order valence-corrected chi connectivity index (χ4v) is 2.75. The largest absolute Gasteiger partial charge is 0.324 e. The Kier molecular flexibility index (Phi) is 2.81. The SMILES string of the molecule is Cc1ncc(-c2ncncc2F)n1C1CCCC1. The third-order valence-corrected chi connectivity index (χ3v) is 3.58. The minimum absolute atomic E-state index is 0.345. The summed E-state index contributed by atoms with van der Waals surface area (Å²) in [7, 11) is 0. The number of nitrogens with zero attached hydrogens (tertiary/aromatic N) is 4. The molecule has 3 rings (SSSR count). The molecule has 1 aliphatic carbocycles. The Bertz CT molecular complexity index is 558. The Labute approximate surface area is 105 Å². The van der Waals surface area contributed by atoms with Crippen molar-refractivity contribution >= 4 is 0 Å². The summed E-state index contributed by atoms with van der Waals surface area (Å²) in [5.41, 5.74) is 1.11. The van der Waals surface area contributed by atoms with E-state index >= 15 is 0 Å². The molecule has 0 bridgehead atoms. The lowest BCUT2D eigenvalue weighted by atomic mass is 10.2. The summed E-state index contributed by atoms with van der Waals surface area (Å²) in [5.74, 6) is 0.534. The second kappa shape index (κ2) is 4.48. The van der Waals surface area contributed by atoms with Gasteiger partial charge in [-0.15, -0.1) is 0 Å². The minimum atomic E-state index is -0.392. The van der Waals surface area contributed by atoms with Crippen molar-refractivity contribution in [1.29, 1.82) is 0 Å². The van der Waals surface area contributed by atoms with Gasteiger partial charge in [-0.2, -0.15) is 0 Å². The van der Waals surface area contributed by atoms with Gasteiger partial charge in [-0.05, 0) is 19.8 Å². The Morgan fingerprint density at radius 1 is 1.22 bits per heavy atom. The van der Waals surface area contributed by atoms with Crippen molar-refractivity contribution < 1.29 is 4.39 Å². The van der Waals surface area contributed by atoms with Gasteiger partial charge in [0.15, 0.2) is 5.82 Å². The van der Waals surface area contributed by atoms with Crippen molar-refractivity contribution in [2.75, 3.05) is 0 Å². The highest BCUT2D eigenvalue weighted by atomic mass is 19.1. The number of hydrogen-bond donors (Lipinski definition) is 0. The van der Waals surface area contributed by atoms with Gasteiger partial charge in [-0.3, -0.25) is 0 Å². The van der Waals surface area contributed by atoms with E-state index in [0.29, 0.717) is 11.7 Å². The van der Waals surface area contributed by atoms with E-state index in [4.69, 9.17) is 0 Å².